The summed E-state index contributed by atoms with van der Waals surface area (Å²) in [4.78, 5) is 0. The topological polar surface area (TPSA) is 20.2 Å². The Balaban J connectivity index is 3.55. The third-order valence-electron chi connectivity index (χ3n) is 1.85. The molecule has 0 saturated carbocycles. The largest absolute Gasteiger partial charge is 0.387 e. The van der Waals surface area contributed by atoms with Crippen LogP contribution in [0, 0.1) is 5.92 Å². The zero-order valence-corrected chi connectivity index (χ0v) is 7.06. The van der Waals surface area contributed by atoms with Crippen LogP contribution in [0.3, 0.4) is 0 Å². The van der Waals surface area contributed by atoms with Crippen LogP contribution in [0.2, 0.25) is 0 Å². The molecule has 0 amide bonds. The first-order chi connectivity index (χ1) is 5.09. The van der Waals surface area contributed by atoms with Crippen molar-refractivity contribution in [3.8, 4) is 0 Å². The molecule has 0 aliphatic heterocycles. The van der Waals surface area contributed by atoms with Crippen molar-refractivity contribution in [2.45, 2.75) is 45.6 Å². The van der Waals surface area contributed by atoms with Gasteiger partial charge >= 0.3 is 0 Å². The van der Waals surface area contributed by atoms with Gasteiger partial charge in [0.25, 0.3) is 6.43 Å². The van der Waals surface area contributed by atoms with Crippen molar-refractivity contribution in [3.63, 3.8) is 0 Å². The van der Waals surface area contributed by atoms with Gasteiger partial charge in [-0.15, -0.1) is 0 Å². The Hall–Kier alpha value is -0.180. The number of hydrogen-bond donors (Lipinski definition) is 1. The van der Waals surface area contributed by atoms with E-state index in [9.17, 15) is 8.78 Å². The molecule has 0 aliphatic carbocycles. The van der Waals surface area contributed by atoms with Gasteiger partial charge in [-0.25, -0.2) is 8.78 Å². The summed E-state index contributed by atoms with van der Waals surface area (Å²) in [5.41, 5.74) is 0. The molecule has 0 bridgehead atoms. The van der Waals surface area contributed by atoms with Crippen molar-refractivity contribution >= 4 is 0 Å². The molecule has 0 aromatic rings. The van der Waals surface area contributed by atoms with Gasteiger partial charge in [-0.1, -0.05) is 26.7 Å². The molecule has 1 nitrogen and oxygen atoms in total. The average Bonchev–Trinajstić information content (AvgIpc) is 1.98. The number of hydrogen-bond acceptors (Lipinski definition) is 1. The van der Waals surface area contributed by atoms with Gasteiger partial charge < -0.3 is 5.11 Å². The van der Waals surface area contributed by atoms with E-state index in [1.54, 1.807) is 6.92 Å². The van der Waals surface area contributed by atoms with Crippen molar-refractivity contribution < 1.29 is 13.9 Å². The lowest BCUT2D eigenvalue weighted by Gasteiger charge is -2.16. The first-order valence-corrected chi connectivity index (χ1v) is 4.05. The molecule has 3 heteroatoms. The number of aliphatic hydroxyl groups excluding tert-OH is 1. The molecule has 0 aliphatic rings. The van der Waals surface area contributed by atoms with Crippen LogP contribution < -0.4 is 0 Å². The summed E-state index contributed by atoms with van der Waals surface area (Å²) < 4.78 is 23.7. The zero-order chi connectivity index (χ0) is 8.85. The molecule has 0 saturated heterocycles. The average molecular weight is 166 g/mol. The van der Waals surface area contributed by atoms with Crippen LogP contribution in [0.1, 0.15) is 33.1 Å². The molecule has 0 spiro atoms. The van der Waals surface area contributed by atoms with Crippen molar-refractivity contribution in [1.82, 2.24) is 0 Å². The summed E-state index contributed by atoms with van der Waals surface area (Å²) in [6, 6.07) is 0. The molecular weight excluding hydrogens is 150 g/mol. The molecule has 11 heavy (non-hydrogen) atoms. The minimum absolute atomic E-state index is 0.282. The molecule has 0 heterocycles. The van der Waals surface area contributed by atoms with Gasteiger partial charge in [0.15, 0.2) is 0 Å². The fourth-order valence-corrected chi connectivity index (χ4v) is 0.945. The van der Waals surface area contributed by atoms with Crippen molar-refractivity contribution in [2.24, 2.45) is 5.92 Å². The van der Waals surface area contributed by atoms with Gasteiger partial charge in [0.05, 0.1) is 0 Å². The molecule has 2 atom stereocenters. The van der Waals surface area contributed by atoms with Crippen LogP contribution >= 0.6 is 0 Å². The number of aliphatic hydroxyl groups is 1. The predicted molar refractivity (Wildman–Crippen MR) is 40.7 cm³/mol. The van der Waals surface area contributed by atoms with Crippen molar-refractivity contribution in [1.29, 1.82) is 0 Å². The molecule has 0 aromatic heterocycles. The maximum atomic E-state index is 11.9. The highest BCUT2D eigenvalue weighted by atomic mass is 19.3. The zero-order valence-electron chi connectivity index (χ0n) is 7.06. The molecule has 0 aromatic carbocycles. The first kappa shape index (κ1) is 10.8. The molecule has 0 unspecified atom stereocenters. The Morgan fingerprint density at radius 2 is 1.91 bits per heavy atom. The molecule has 1 N–H and O–H groups in total. The van der Waals surface area contributed by atoms with Crippen molar-refractivity contribution in [3.05, 3.63) is 0 Å². The Morgan fingerprint density at radius 1 is 1.36 bits per heavy atom. The monoisotopic (exact) mass is 166 g/mol. The second-order valence-electron chi connectivity index (χ2n) is 2.94. The van der Waals surface area contributed by atoms with E-state index in [4.69, 9.17) is 5.11 Å². The second-order valence-corrected chi connectivity index (χ2v) is 2.94. The predicted octanol–water partition coefficient (Wildman–Crippen LogP) is 2.44. The van der Waals surface area contributed by atoms with Crippen LogP contribution in [0.15, 0.2) is 0 Å². The summed E-state index contributed by atoms with van der Waals surface area (Å²) >= 11 is 0. The highest BCUT2D eigenvalue weighted by Crippen LogP contribution is 2.17. The standard InChI is InChI=1S/C8H16F2O/c1-3-4-5-6(2)7(11)8(9)10/h6-8,11H,3-5H2,1-2H3/t6-,7-/m1/s1. The second kappa shape index (κ2) is 5.47. The third-order valence-corrected chi connectivity index (χ3v) is 1.85. The summed E-state index contributed by atoms with van der Waals surface area (Å²) in [7, 11) is 0. The Kier molecular flexibility index (Phi) is 5.38. The smallest absolute Gasteiger partial charge is 0.264 e. The maximum absolute atomic E-state index is 11.9. The van der Waals surface area contributed by atoms with Gasteiger partial charge in [0, 0.05) is 0 Å². The minimum Gasteiger partial charge on any atom is -0.387 e. The first-order valence-electron chi connectivity index (χ1n) is 4.05. The van der Waals surface area contributed by atoms with Gasteiger partial charge in [-0.3, -0.25) is 0 Å². The molecule has 68 valence electrons. The molecule has 0 radical (unpaired) electrons. The number of unbranched alkanes of at least 4 members (excludes halogenated alkanes) is 1. The Morgan fingerprint density at radius 3 is 2.27 bits per heavy atom. The van der Waals surface area contributed by atoms with Gasteiger partial charge in [-0.2, -0.15) is 0 Å². The van der Waals surface area contributed by atoms with Gasteiger partial charge in [0.2, 0.25) is 0 Å². The SMILES string of the molecule is CCCC[C@@H](C)[C@@H](O)C(F)F. The van der Waals surface area contributed by atoms with Crippen LogP contribution in [-0.4, -0.2) is 17.6 Å². The van der Waals surface area contributed by atoms with E-state index < -0.39 is 12.5 Å². The lowest BCUT2D eigenvalue weighted by atomic mass is 9.98. The molecular formula is C8H16F2O. The van der Waals surface area contributed by atoms with Gasteiger partial charge in [-0.05, 0) is 12.3 Å². The summed E-state index contributed by atoms with van der Waals surface area (Å²) in [5, 5.41) is 8.87. The van der Waals surface area contributed by atoms with E-state index >= 15 is 0 Å². The summed E-state index contributed by atoms with van der Waals surface area (Å²) in [6.45, 7) is 3.66. The lowest BCUT2D eigenvalue weighted by molar-refractivity contribution is -0.0365. The van der Waals surface area contributed by atoms with Crippen LogP contribution in [0.25, 0.3) is 0 Å². The van der Waals surface area contributed by atoms with Crippen LogP contribution in [0.5, 0.6) is 0 Å². The van der Waals surface area contributed by atoms with Gasteiger partial charge in [0.1, 0.15) is 6.10 Å². The van der Waals surface area contributed by atoms with E-state index in [-0.39, 0.29) is 5.92 Å². The maximum Gasteiger partial charge on any atom is 0.264 e. The number of alkyl halides is 2. The van der Waals surface area contributed by atoms with E-state index in [0.717, 1.165) is 12.8 Å². The van der Waals surface area contributed by atoms with E-state index in [2.05, 4.69) is 0 Å². The summed E-state index contributed by atoms with van der Waals surface area (Å²) in [5.74, 6) is -0.282. The highest BCUT2D eigenvalue weighted by Gasteiger charge is 2.22. The van der Waals surface area contributed by atoms with Crippen LogP contribution in [0.4, 0.5) is 8.78 Å². The highest BCUT2D eigenvalue weighted by molar-refractivity contribution is 4.66. The van der Waals surface area contributed by atoms with E-state index in [0.29, 0.717) is 6.42 Å². The Bertz CT molecular complexity index is 96.1. The molecule has 0 rings (SSSR count). The third kappa shape index (κ3) is 4.30. The quantitative estimate of drug-likeness (QED) is 0.665. The Labute approximate surface area is 66.4 Å². The van der Waals surface area contributed by atoms with E-state index in [1.807, 2.05) is 6.92 Å². The van der Waals surface area contributed by atoms with Crippen molar-refractivity contribution in [2.75, 3.05) is 0 Å². The van der Waals surface area contributed by atoms with E-state index in [1.165, 1.54) is 0 Å². The fourth-order valence-electron chi connectivity index (χ4n) is 0.945. The summed E-state index contributed by atoms with van der Waals surface area (Å²) in [6.07, 6.45) is -1.46. The lowest BCUT2D eigenvalue weighted by Crippen LogP contribution is -2.25. The normalized spacial score (nSPS) is 16.9. The van der Waals surface area contributed by atoms with Crippen LogP contribution in [-0.2, 0) is 0 Å². The number of rotatable bonds is 5. The molecule has 0 fully saturated rings. The minimum atomic E-state index is -2.60. The number of halogens is 2. The fraction of sp³-hybridized carbons (Fsp3) is 1.00.